The van der Waals surface area contributed by atoms with Gasteiger partial charge in [0.1, 0.15) is 5.25 Å². The summed E-state index contributed by atoms with van der Waals surface area (Å²) in [6.07, 6.45) is -0.668. The summed E-state index contributed by atoms with van der Waals surface area (Å²) in [5, 5.41) is -2.13. The lowest BCUT2D eigenvalue weighted by atomic mass is 10.1. The fraction of sp³-hybridized carbons (Fsp3) is 0.667. The molecule has 1 aliphatic heterocycles. The summed E-state index contributed by atoms with van der Waals surface area (Å²) in [5.41, 5.74) is 0. The Morgan fingerprint density at radius 3 is 2.06 bits per heavy atom. The van der Waals surface area contributed by atoms with Crippen LogP contribution < -0.4 is 0 Å². The Morgan fingerprint density at radius 1 is 1.24 bits per heavy atom. The molecule has 0 bridgehead atoms. The van der Waals surface area contributed by atoms with Crippen molar-refractivity contribution in [1.82, 2.24) is 0 Å². The van der Waals surface area contributed by atoms with E-state index < -0.39 is 55.5 Å². The molecule has 0 aromatic heterocycles. The van der Waals surface area contributed by atoms with Gasteiger partial charge >= 0.3 is 11.9 Å². The number of hydrogen-bond acceptors (Lipinski definition) is 7. The molecule has 1 aliphatic rings. The molecule has 1 heterocycles. The van der Waals surface area contributed by atoms with Gasteiger partial charge in [-0.1, -0.05) is 0 Å². The molecule has 1 fully saturated rings. The number of hydrogen-bond donors (Lipinski definition) is 2. The summed E-state index contributed by atoms with van der Waals surface area (Å²) in [5.74, 6) is -5.30. The van der Waals surface area contributed by atoms with Gasteiger partial charge in [0.2, 0.25) is 0 Å². The molecule has 0 saturated carbocycles. The fourth-order valence-corrected chi connectivity index (χ4v) is 3.87. The van der Waals surface area contributed by atoms with Crippen molar-refractivity contribution >= 4 is 32.2 Å². The summed E-state index contributed by atoms with van der Waals surface area (Å²) in [6.45, 7) is 0. The molecule has 9 nitrogen and oxygen atoms in total. The smallest absolute Gasteiger partial charge is 0.318 e. The van der Waals surface area contributed by atoms with Gasteiger partial charge < -0.3 is 4.74 Å². The van der Waals surface area contributed by atoms with E-state index in [1.165, 1.54) is 0 Å². The lowest BCUT2D eigenvalue weighted by Crippen LogP contribution is -2.38. The highest BCUT2D eigenvalue weighted by Crippen LogP contribution is 2.25. The van der Waals surface area contributed by atoms with Crippen LogP contribution in [0.15, 0.2) is 0 Å². The largest absolute Gasteiger partial charge is 0.393 e. The number of carbonyl (C=O) groups excluding carboxylic acids is 2. The van der Waals surface area contributed by atoms with Crippen molar-refractivity contribution in [2.75, 3.05) is 5.75 Å². The quantitative estimate of drug-likeness (QED) is 0.347. The average Bonchev–Trinajstić information content (AvgIpc) is 2.37. The van der Waals surface area contributed by atoms with E-state index in [0.29, 0.717) is 0 Å². The Hall–Kier alpha value is -1.04. The van der Waals surface area contributed by atoms with Crippen molar-refractivity contribution in [1.29, 1.82) is 0 Å². The number of esters is 2. The van der Waals surface area contributed by atoms with Crippen LogP contribution in [0.4, 0.5) is 0 Å². The first-order chi connectivity index (χ1) is 7.50. The Kier molecular flexibility index (Phi) is 3.57. The zero-order valence-corrected chi connectivity index (χ0v) is 9.77. The first-order valence-electron chi connectivity index (χ1n) is 4.16. The minimum atomic E-state index is -4.93. The normalized spacial score (nSPS) is 23.5. The van der Waals surface area contributed by atoms with E-state index in [2.05, 4.69) is 4.74 Å². The Labute approximate surface area is 96.3 Å². The van der Waals surface area contributed by atoms with Crippen LogP contribution in [0, 0.1) is 5.92 Å². The second-order valence-corrected chi connectivity index (χ2v) is 6.54. The predicted molar refractivity (Wildman–Crippen MR) is 51.0 cm³/mol. The van der Waals surface area contributed by atoms with Crippen molar-refractivity contribution in [2.24, 2.45) is 5.92 Å². The lowest BCUT2D eigenvalue weighted by Gasteiger charge is -2.14. The van der Waals surface area contributed by atoms with Crippen molar-refractivity contribution in [3.05, 3.63) is 0 Å². The molecule has 2 atom stereocenters. The van der Waals surface area contributed by atoms with Gasteiger partial charge in [-0.2, -0.15) is 16.8 Å². The van der Waals surface area contributed by atoms with Crippen LogP contribution in [0.3, 0.4) is 0 Å². The highest BCUT2D eigenvalue weighted by atomic mass is 32.2. The molecule has 17 heavy (non-hydrogen) atoms. The second-order valence-electron chi connectivity index (χ2n) is 3.41. The predicted octanol–water partition coefficient (Wildman–Crippen LogP) is -1.78. The van der Waals surface area contributed by atoms with E-state index in [9.17, 15) is 26.4 Å². The highest BCUT2D eigenvalue weighted by Gasteiger charge is 2.46. The number of cyclic esters (lactones) is 2. The Morgan fingerprint density at radius 2 is 1.76 bits per heavy atom. The van der Waals surface area contributed by atoms with E-state index in [0.717, 1.165) is 0 Å². The summed E-state index contributed by atoms with van der Waals surface area (Å²) < 4.78 is 64.3. The van der Waals surface area contributed by atoms with Gasteiger partial charge in [-0.05, 0) is 0 Å². The number of ether oxygens (including phenoxy) is 1. The molecule has 0 spiro atoms. The summed E-state index contributed by atoms with van der Waals surface area (Å²) in [4.78, 5) is 21.8. The molecule has 0 aromatic carbocycles. The highest BCUT2D eigenvalue weighted by molar-refractivity contribution is 7.90. The van der Waals surface area contributed by atoms with Crippen LogP contribution in [0.1, 0.15) is 6.42 Å². The average molecular weight is 288 g/mol. The summed E-state index contributed by atoms with van der Waals surface area (Å²) >= 11 is 0. The van der Waals surface area contributed by atoms with Crippen molar-refractivity contribution in [2.45, 2.75) is 11.7 Å². The molecule has 11 heteroatoms. The van der Waals surface area contributed by atoms with Crippen LogP contribution >= 0.6 is 0 Å². The second kappa shape index (κ2) is 4.33. The molecule has 0 aromatic rings. The van der Waals surface area contributed by atoms with Crippen LogP contribution in [-0.4, -0.2) is 48.9 Å². The van der Waals surface area contributed by atoms with Gasteiger partial charge in [0.25, 0.3) is 20.2 Å². The van der Waals surface area contributed by atoms with Crippen LogP contribution in [-0.2, 0) is 34.6 Å². The molecule has 2 N–H and O–H groups in total. The Bertz CT molecular complexity index is 542. The maximum absolute atomic E-state index is 11.1. The van der Waals surface area contributed by atoms with Gasteiger partial charge in [-0.3, -0.25) is 18.7 Å². The first-order valence-corrected chi connectivity index (χ1v) is 7.28. The minimum absolute atomic E-state index is 0.668. The van der Waals surface area contributed by atoms with Gasteiger partial charge in [0.05, 0.1) is 18.1 Å². The van der Waals surface area contributed by atoms with Gasteiger partial charge in [-0.25, -0.2) is 0 Å². The zero-order valence-electron chi connectivity index (χ0n) is 8.14. The molecule has 0 amide bonds. The third-order valence-electron chi connectivity index (χ3n) is 2.11. The monoisotopic (exact) mass is 288 g/mol. The number of rotatable bonds is 4. The molecule has 1 saturated heterocycles. The van der Waals surface area contributed by atoms with Crippen LogP contribution in [0.5, 0.6) is 0 Å². The Balaban J connectivity index is 3.09. The summed E-state index contributed by atoms with van der Waals surface area (Å²) in [7, 11) is -9.67. The van der Waals surface area contributed by atoms with Crippen LogP contribution in [0.25, 0.3) is 0 Å². The lowest BCUT2D eigenvalue weighted by molar-refractivity contribution is -0.153. The van der Waals surface area contributed by atoms with E-state index in [4.69, 9.17) is 9.11 Å². The fourth-order valence-electron chi connectivity index (χ4n) is 1.39. The molecule has 98 valence electrons. The van der Waals surface area contributed by atoms with Crippen molar-refractivity contribution in [3.63, 3.8) is 0 Å². The molecular weight excluding hydrogens is 280 g/mol. The third-order valence-corrected chi connectivity index (χ3v) is 4.36. The van der Waals surface area contributed by atoms with E-state index in [1.54, 1.807) is 0 Å². The zero-order chi connectivity index (χ0) is 13.4. The topological polar surface area (TPSA) is 152 Å². The molecule has 2 unspecified atom stereocenters. The van der Waals surface area contributed by atoms with Gasteiger partial charge in [0.15, 0.2) is 0 Å². The summed E-state index contributed by atoms with van der Waals surface area (Å²) in [6, 6.07) is 0. The molecule has 1 rings (SSSR count). The third kappa shape index (κ3) is 3.73. The van der Waals surface area contributed by atoms with Gasteiger partial charge in [0, 0.05) is 0 Å². The molecule has 0 radical (unpaired) electrons. The SMILES string of the molecule is O=C1CC(C(CS(=O)(=O)O)S(=O)(=O)O)C(=O)O1. The molecular formula is C6H8O9S2. The first kappa shape index (κ1) is 14.0. The maximum Gasteiger partial charge on any atom is 0.318 e. The van der Waals surface area contributed by atoms with Crippen molar-refractivity contribution < 1.29 is 40.3 Å². The molecule has 0 aliphatic carbocycles. The minimum Gasteiger partial charge on any atom is -0.393 e. The van der Waals surface area contributed by atoms with E-state index in [-0.39, 0.29) is 0 Å². The van der Waals surface area contributed by atoms with E-state index >= 15 is 0 Å². The van der Waals surface area contributed by atoms with Crippen LogP contribution in [0.2, 0.25) is 0 Å². The maximum atomic E-state index is 11.1. The van der Waals surface area contributed by atoms with Gasteiger partial charge in [-0.15, -0.1) is 0 Å². The van der Waals surface area contributed by atoms with E-state index in [1.807, 2.05) is 0 Å². The standard InChI is InChI=1S/C6H8O9S2/c7-5-1-3(6(8)15-5)4(17(12,13)14)2-16(9,10)11/h3-4H,1-2H2,(H,9,10,11)(H,12,13,14). The number of carbonyl (C=O) groups is 2. The van der Waals surface area contributed by atoms with Crippen molar-refractivity contribution in [3.8, 4) is 0 Å².